The van der Waals surface area contributed by atoms with Crippen molar-refractivity contribution < 1.29 is 9.90 Å². The highest BCUT2D eigenvalue weighted by atomic mass is 79.9. The number of benzene rings is 1. The molecule has 0 unspecified atom stereocenters. The van der Waals surface area contributed by atoms with Gasteiger partial charge in [0.15, 0.2) is 0 Å². The Morgan fingerprint density at radius 3 is 2.32 bits per heavy atom. The van der Waals surface area contributed by atoms with Gasteiger partial charge in [-0.2, -0.15) is 0 Å². The number of carboxylic acids is 1. The summed E-state index contributed by atoms with van der Waals surface area (Å²) < 4.78 is 0.778. The Kier molecular flexibility index (Phi) is 5.85. The topological polar surface area (TPSA) is 49.3 Å². The van der Waals surface area contributed by atoms with Crippen molar-refractivity contribution in [3.8, 4) is 0 Å². The minimum absolute atomic E-state index is 0.306. The predicted molar refractivity (Wildman–Crippen MR) is 82.8 cm³/mol. The number of anilines is 1. The van der Waals surface area contributed by atoms with Gasteiger partial charge in [0.05, 0.1) is 5.56 Å². The van der Waals surface area contributed by atoms with Crippen molar-refractivity contribution >= 4 is 27.6 Å². The summed E-state index contributed by atoms with van der Waals surface area (Å²) in [5.41, 5.74) is 0.989. The zero-order valence-corrected chi connectivity index (χ0v) is 13.5. The fraction of sp³-hybridized carbons (Fsp3) is 0.533. The Bertz CT molecular complexity index is 436. The van der Waals surface area contributed by atoms with Crippen LogP contribution in [0.15, 0.2) is 22.7 Å². The molecule has 0 spiro atoms. The Hall–Kier alpha value is -1.03. The van der Waals surface area contributed by atoms with Gasteiger partial charge in [0.1, 0.15) is 0 Å². The van der Waals surface area contributed by atoms with Crippen molar-refractivity contribution in [2.24, 2.45) is 17.8 Å². The van der Waals surface area contributed by atoms with Crippen LogP contribution in [0.1, 0.15) is 38.1 Å². The van der Waals surface area contributed by atoms with Crippen LogP contribution in [0.4, 0.5) is 5.69 Å². The molecule has 0 saturated carbocycles. The fourth-order valence-corrected chi connectivity index (χ4v) is 2.68. The van der Waals surface area contributed by atoms with Crippen molar-refractivity contribution in [3.63, 3.8) is 0 Å². The molecule has 0 aliphatic rings. The SMILES string of the molecule is CC(C)C(CNc1ccc(Br)cc1C(=O)O)C(C)C. The fourth-order valence-electron chi connectivity index (χ4n) is 2.32. The van der Waals surface area contributed by atoms with Gasteiger partial charge in [-0.05, 0) is 36.0 Å². The lowest BCUT2D eigenvalue weighted by Gasteiger charge is -2.26. The van der Waals surface area contributed by atoms with Crippen LogP contribution in [0.25, 0.3) is 0 Å². The number of aromatic carboxylic acids is 1. The molecule has 0 aromatic heterocycles. The first kappa shape index (κ1) is 16.0. The average Bonchev–Trinajstić information content (AvgIpc) is 2.29. The Morgan fingerprint density at radius 1 is 1.26 bits per heavy atom. The molecule has 106 valence electrons. The molecule has 0 bridgehead atoms. The molecule has 19 heavy (non-hydrogen) atoms. The van der Waals surface area contributed by atoms with E-state index in [1.165, 1.54) is 0 Å². The van der Waals surface area contributed by atoms with Crippen LogP contribution in [0.5, 0.6) is 0 Å². The molecule has 0 fully saturated rings. The summed E-state index contributed by atoms with van der Waals surface area (Å²) >= 11 is 3.30. The highest BCUT2D eigenvalue weighted by Gasteiger charge is 2.18. The Balaban J connectivity index is 2.85. The van der Waals surface area contributed by atoms with E-state index in [4.69, 9.17) is 0 Å². The van der Waals surface area contributed by atoms with Crippen LogP contribution in [0.2, 0.25) is 0 Å². The maximum Gasteiger partial charge on any atom is 0.337 e. The summed E-state index contributed by atoms with van der Waals surface area (Å²) in [6.45, 7) is 9.59. The molecule has 0 aliphatic heterocycles. The second-order valence-electron chi connectivity index (χ2n) is 5.53. The number of rotatable bonds is 6. The van der Waals surface area contributed by atoms with Crippen LogP contribution in [-0.2, 0) is 0 Å². The van der Waals surface area contributed by atoms with Gasteiger partial charge in [-0.1, -0.05) is 43.6 Å². The van der Waals surface area contributed by atoms with Crippen LogP contribution in [0.3, 0.4) is 0 Å². The van der Waals surface area contributed by atoms with Crippen LogP contribution >= 0.6 is 15.9 Å². The normalized spacial score (nSPS) is 11.4. The van der Waals surface area contributed by atoms with Gasteiger partial charge in [0.25, 0.3) is 0 Å². The van der Waals surface area contributed by atoms with E-state index in [0.29, 0.717) is 29.0 Å². The van der Waals surface area contributed by atoms with E-state index >= 15 is 0 Å². The van der Waals surface area contributed by atoms with Crippen molar-refractivity contribution in [1.82, 2.24) is 0 Å². The molecule has 1 rings (SSSR count). The lowest BCUT2D eigenvalue weighted by molar-refractivity contribution is 0.0698. The smallest absolute Gasteiger partial charge is 0.337 e. The van der Waals surface area contributed by atoms with E-state index in [0.717, 1.165) is 11.0 Å². The largest absolute Gasteiger partial charge is 0.478 e. The first-order valence-electron chi connectivity index (χ1n) is 6.59. The number of hydrogen-bond acceptors (Lipinski definition) is 2. The molecule has 0 radical (unpaired) electrons. The van der Waals surface area contributed by atoms with Crippen LogP contribution in [0, 0.1) is 17.8 Å². The summed E-state index contributed by atoms with van der Waals surface area (Å²) in [5, 5.41) is 12.5. The molecule has 0 aliphatic carbocycles. The van der Waals surface area contributed by atoms with Gasteiger partial charge in [-0.25, -0.2) is 4.79 Å². The molecule has 0 atom stereocenters. The summed E-state index contributed by atoms with van der Waals surface area (Å²) in [6.07, 6.45) is 0. The lowest BCUT2D eigenvalue weighted by atomic mass is 9.85. The first-order valence-corrected chi connectivity index (χ1v) is 7.39. The summed E-state index contributed by atoms with van der Waals surface area (Å²) in [7, 11) is 0. The number of hydrogen-bond donors (Lipinski definition) is 2. The minimum atomic E-state index is -0.908. The van der Waals surface area contributed by atoms with E-state index < -0.39 is 5.97 Å². The zero-order chi connectivity index (χ0) is 14.6. The highest BCUT2D eigenvalue weighted by Crippen LogP contribution is 2.24. The van der Waals surface area contributed by atoms with Gasteiger partial charge in [-0.15, -0.1) is 0 Å². The molecule has 0 saturated heterocycles. The van der Waals surface area contributed by atoms with Gasteiger partial charge >= 0.3 is 5.97 Å². The number of nitrogens with one attached hydrogen (secondary N) is 1. The third-order valence-electron chi connectivity index (χ3n) is 3.45. The maximum absolute atomic E-state index is 11.2. The van der Waals surface area contributed by atoms with Crippen molar-refractivity contribution in [2.45, 2.75) is 27.7 Å². The zero-order valence-electron chi connectivity index (χ0n) is 11.9. The third-order valence-corrected chi connectivity index (χ3v) is 3.95. The van der Waals surface area contributed by atoms with Gasteiger partial charge in [0, 0.05) is 16.7 Å². The van der Waals surface area contributed by atoms with E-state index in [-0.39, 0.29) is 0 Å². The molecule has 0 amide bonds. The molecular formula is C15H22BrNO2. The van der Waals surface area contributed by atoms with Gasteiger partial charge < -0.3 is 10.4 Å². The van der Waals surface area contributed by atoms with Crippen molar-refractivity contribution in [1.29, 1.82) is 0 Å². The number of carboxylic acid groups (broad SMARTS) is 1. The quantitative estimate of drug-likeness (QED) is 0.809. The van der Waals surface area contributed by atoms with E-state index in [1.807, 2.05) is 12.1 Å². The van der Waals surface area contributed by atoms with E-state index in [2.05, 4.69) is 48.9 Å². The number of halogens is 1. The summed E-state index contributed by atoms with van der Waals surface area (Å²) in [5.74, 6) is 0.743. The van der Waals surface area contributed by atoms with Crippen LogP contribution in [-0.4, -0.2) is 17.6 Å². The standard InChI is InChI=1S/C15H22BrNO2/c1-9(2)13(10(3)4)8-17-14-6-5-11(16)7-12(14)15(18)19/h5-7,9-10,13,17H,8H2,1-4H3,(H,18,19). The second-order valence-corrected chi connectivity index (χ2v) is 6.44. The minimum Gasteiger partial charge on any atom is -0.478 e. The van der Waals surface area contributed by atoms with E-state index in [9.17, 15) is 9.90 Å². The second kappa shape index (κ2) is 6.94. The Morgan fingerprint density at radius 2 is 1.84 bits per heavy atom. The van der Waals surface area contributed by atoms with Crippen molar-refractivity contribution in [3.05, 3.63) is 28.2 Å². The van der Waals surface area contributed by atoms with E-state index in [1.54, 1.807) is 6.07 Å². The molecule has 3 nitrogen and oxygen atoms in total. The third kappa shape index (κ3) is 4.53. The molecule has 4 heteroatoms. The predicted octanol–water partition coefficient (Wildman–Crippen LogP) is 4.49. The molecule has 2 N–H and O–H groups in total. The van der Waals surface area contributed by atoms with Crippen molar-refractivity contribution in [2.75, 3.05) is 11.9 Å². The average molecular weight is 328 g/mol. The molecular weight excluding hydrogens is 306 g/mol. The van der Waals surface area contributed by atoms with Gasteiger partial charge in [0.2, 0.25) is 0 Å². The van der Waals surface area contributed by atoms with Gasteiger partial charge in [-0.3, -0.25) is 0 Å². The highest BCUT2D eigenvalue weighted by molar-refractivity contribution is 9.10. The number of carbonyl (C=O) groups is 1. The maximum atomic E-state index is 11.2. The molecule has 1 aromatic carbocycles. The monoisotopic (exact) mass is 327 g/mol. The lowest BCUT2D eigenvalue weighted by Crippen LogP contribution is -2.25. The summed E-state index contributed by atoms with van der Waals surface area (Å²) in [4.78, 5) is 11.2. The molecule has 0 heterocycles. The molecule has 1 aromatic rings. The first-order chi connectivity index (χ1) is 8.82. The summed E-state index contributed by atoms with van der Waals surface area (Å²) in [6, 6.07) is 5.30. The van der Waals surface area contributed by atoms with Crippen LogP contribution < -0.4 is 5.32 Å². The Labute approximate surface area is 123 Å².